The predicted molar refractivity (Wildman–Crippen MR) is 111 cm³/mol. The van der Waals surface area contributed by atoms with Crippen LogP contribution in [0, 0.1) is 0 Å². The Labute approximate surface area is 182 Å². The Bertz CT molecular complexity index is 1240. The van der Waals surface area contributed by atoms with Crippen LogP contribution in [-0.2, 0) is 16.9 Å². The van der Waals surface area contributed by atoms with E-state index in [9.17, 15) is 9.90 Å². The molecule has 1 amide bonds. The number of para-hydroxylation sites is 1. The zero-order valence-corrected chi connectivity index (χ0v) is 16.9. The molecule has 0 spiro atoms. The first-order valence-corrected chi connectivity index (χ1v) is 10.1. The number of halogens is 1. The molecule has 0 aromatic heterocycles. The van der Waals surface area contributed by atoms with Gasteiger partial charge in [0.25, 0.3) is 5.91 Å². The molecule has 31 heavy (non-hydrogen) atoms. The summed E-state index contributed by atoms with van der Waals surface area (Å²) in [6.45, 7) is 0.402. The number of anilines is 1. The Hall–Kier alpha value is -3.42. The molecule has 6 rings (SSSR count). The lowest BCUT2D eigenvalue weighted by atomic mass is 9.87. The van der Waals surface area contributed by atoms with Gasteiger partial charge >= 0.3 is 0 Å². The maximum atomic E-state index is 13.6. The predicted octanol–water partition coefficient (Wildman–Crippen LogP) is 3.58. The van der Waals surface area contributed by atoms with E-state index in [2.05, 4.69) is 0 Å². The van der Waals surface area contributed by atoms with Crippen LogP contribution in [0.1, 0.15) is 16.7 Å². The number of hydrogen-bond acceptors (Lipinski definition) is 6. The molecule has 0 aliphatic carbocycles. The average molecular weight is 438 g/mol. The minimum Gasteiger partial charge on any atom is -0.454 e. The summed E-state index contributed by atoms with van der Waals surface area (Å²) in [5.74, 6) is 1.74. The molecule has 8 heteroatoms. The highest BCUT2D eigenvalue weighted by Crippen LogP contribution is 2.48. The van der Waals surface area contributed by atoms with E-state index in [1.165, 1.54) is 4.90 Å². The van der Waals surface area contributed by atoms with Crippen LogP contribution in [0.5, 0.6) is 23.0 Å². The van der Waals surface area contributed by atoms with Crippen molar-refractivity contribution in [1.29, 1.82) is 0 Å². The summed E-state index contributed by atoms with van der Waals surface area (Å²) in [4.78, 5) is 15.2. The summed E-state index contributed by atoms with van der Waals surface area (Å²) in [5.41, 5.74) is 0.343. The quantitative estimate of drug-likeness (QED) is 0.675. The van der Waals surface area contributed by atoms with Crippen molar-refractivity contribution in [3.63, 3.8) is 0 Å². The minimum atomic E-state index is -1.86. The van der Waals surface area contributed by atoms with Gasteiger partial charge in [-0.3, -0.25) is 4.79 Å². The smallest absolute Gasteiger partial charge is 0.268 e. The molecule has 0 radical (unpaired) electrons. The Morgan fingerprint density at radius 3 is 2.39 bits per heavy atom. The van der Waals surface area contributed by atoms with Crippen molar-refractivity contribution in [1.82, 2.24) is 0 Å². The van der Waals surface area contributed by atoms with E-state index in [-0.39, 0.29) is 20.1 Å². The van der Waals surface area contributed by atoms with Crippen LogP contribution < -0.4 is 23.8 Å². The number of aliphatic hydroxyl groups is 1. The molecule has 3 heterocycles. The van der Waals surface area contributed by atoms with Crippen LogP contribution in [0.2, 0.25) is 5.02 Å². The first-order valence-electron chi connectivity index (χ1n) is 9.67. The Kier molecular flexibility index (Phi) is 3.87. The molecule has 0 saturated heterocycles. The molecule has 1 unspecified atom stereocenters. The summed E-state index contributed by atoms with van der Waals surface area (Å²) in [5, 5.41) is 12.2. The van der Waals surface area contributed by atoms with Gasteiger partial charge in [0.15, 0.2) is 28.6 Å². The van der Waals surface area contributed by atoms with E-state index < -0.39 is 11.5 Å². The molecular formula is C23H16ClNO6. The summed E-state index contributed by atoms with van der Waals surface area (Å²) < 4.78 is 21.6. The number of nitrogens with zero attached hydrogens (tertiary/aromatic N) is 1. The second kappa shape index (κ2) is 6.54. The van der Waals surface area contributed by atoms with E-state index in [4.69, 9.17) is 30.5 Å². The fourth-order valence-corrected chi connectivity index (χ4v) is 4.46. The van der Waals surface area contributed by atoms with Crippen molar-refractivity contribution in [2.45, 2.75) is 12.1 Å². The normalized spacial score (nSPS) is 20.3. The molecule has 0 bridgehead atoms. The maximum Gasteiger partial charge on any atom is 0.268 e. The second-order valence-electron chi connectivity index (χ2n) is 7.48. The fraction of sp³-hybridized carbons (Fsp3) is 0.174. The third kappa shape index (κ3) is 2.60. The lowest BCUT2D eigenvalue weighted by molar-refractivity contribution is -0.132. The third-order valence-electron chi connectivity index (χ3n) is 5.80. The summed E-state index contributed by atoms with van der Waals surface area (Å²) in [6.07, 6.45) is 0. The molecule has 7 nitrogen and oxygen atoms in total. The number of fused-ring (bicyclic) bond motifs is 3. The van der Waals surface area contributed by atoms with Crippen LogP contribution in [0.4, 0.5) is 5.69 Å². The molecular weight excluding hydrogens is 422 g/mol. The molecule has 3 aromatic carbocycles. The lowest BCUT2D eigenvalue weighted by Gasteiger charge is -2.24. The van der Waals surface area contributed by atoms with Gasteiger partial charge in [0.1, 0.15) is 0 Å². The number of carbonyl (C=O) groups excluding carboxylic acids is 1. The second-order valence-corrected chi connectivity index (χ2v) is 7.89. The van der Waals surface area contributed by atoms with Gasteiger partial charge in [0.2, 0.25) is 13.6 Å². The van der Waals surface area contributed by atoms with Crippen molar-refractivity contribution in [2.24, 2.45) is 0 Å². The first-order chi connectivity index (χ1) is 15.1. The SMILES string of the molecule is O=C1N(Cc2cc3c(cc2Cl)OCO3)c2ccccc2C1(O)c1ccc2c(c1)OCO2. The Balaban J connectivity index is 1.43. The molecule has 0 saturated carbocycles. The molecule has 156 valence electrons. The molecule has 0 fully saturated rings. The summed E-state index contributed by atoms with van der Waals surface area (Å²) >= 11 is 6.45. The largest absolute Gasteiger partial charge is 0.454 e. The number of amides is 1. The van der Waals surface area contributed by atoms with Gasteiger partial charge in [0, 0.05) is 22.2 Å². The van der Waals surface area contributed by atoms with Crippen molar-refractivity contribution >= 4 is 23.2 Å². The molecule has 1 atom stereocenters. The fourth-order valence-electron chi connectivity index (χ4n) is 4.24. The Morgan fingerprint density at radius 2 is 1.58 bits per heavy atom. The summed E-state index contributed by atoms with van der Waals surface area (Å²) in [7, 11) is 0. The van der Waals surface area contributed by atoms with Crippen molar-refractivity contribution in [2.75, 3.05) is 18.5 Å². The minimum absolute atomic E-state index is 0.108. The highest BCUT2D eigenvalue weighted by atomic mass is 35.5. The van der Waals surface area contributed by atoms with Crippen molar-refractivity contribution in [3.05, 3.63) is 76.3 Å². The topological polar surface area (TPSA) is 77.5 Å². The third-order valence-corrected chi connectivity index (χ3v) is 6.15. The van der Waals surface area contributed by atoms with Crippen LogP contribution in [0.15, 0.2) is 54.6 Å². The zero-order chi connectivity index (χ0) is 21.2. The molecule has 1 N–H and O–H groups in total. The zero-order valence-electron chi connectivity index (χ0n) is 16.1. The standard InChI is InChI=1S/C23H16ClNO6/c24-16-9-21-19(29-12-31-21)7-13(16)10-25-17-4-2-1-3-15(17)23(27,22(25)26)14-5-6-18-20(8-14)30-11-28-18/h1-9,27H,10-12H2. The van der Waals surface area contributed by atoms with Crippen LogP contribution in [-0.4, -0.2) is 24.6 Å². The van der Waals surface area contributed by atoms with Gasteiger partial charge in [-0.05, 0) is 29.8 Å². The van der Waals surface area contributed by atoms with Crippen molar-refractivity contribution in [3.8, 4) is 23.0 Å². The van der Waals surface area contributed by atoms with Gasteiger partial charge in [-0.25, -0.2) is 0 Å². The van der Waals surface area contributed by atoms with Crippen LogP contribution >= 0.6 is 11.6 Å². The van der Waals surface area contributed by atoms with E-state index in [1.807, 2.05) is 6.07 Å². The Morgan fingerprint density at radius 1 is 0.903 bits per heavy atom. The molecule has 3 aliphatic heterocycles. The van der Waals surface area contributed by atoms with Gasteiger partial charge < -0.3 is 29.0 Å². The number of ether oxygens (including phenoxy) is 4. The summed E-state index contributed by atoms with van der Waals surface area (Å²) in [6, 6.07) is 15.6. The van der Waals surface area contributed by atoms with E-state index in [0.29, 0.717) is 50.4 Å². The lowest BCUT2D eigenvalue weighted by Crippen LogP contribution is -2.40. The van der Waals surface area contributed by atoms with E-state index in [0.717, 1.165) is 0 Å². The van der Waals surface area contributed by atoms with Gasteiger partial charge in [-0.15, -0.1) is 0 Å². The number of rotatable bonds is 3. The monoisotopic (exact) mass is 437 g/mol. The molecule has 3 aromatic rings. The number of hydrogen-bond donors (Lipinski definition) is 1. The van der Waals surface area contributed by atoms with Crippen molar-refractivity contribution < 1.29 is 28.8 Å². The maximum absolute atomic E-state index is 13.6. The van der Waals surface area contributed by atoms with E-state index >= 15 is 0 Å². The van der Waals surface area contributed by atoms with Gasteiger partial charge in [-0.1, -0.05) is 35.9 Å². The van der Waals surface area contributed by atoms with Gasteiger partial charge in [0.05, 0.1) is 12.2 Å². The van der Waals surface area contributed by atoms with Crippen LogP contribution in [0.3, 0.4) is 0 Å². The average Bonchev–Trinajstić information content (AvgIpc) is 3.48. The van der Waals surface area contributed by atoms with E-state index in [1.54, 1.807) is 48.5 Å². The van der Waals surface area contributed by atoms with Gasteiger partial charge in [-0.2, -0.15) is 0 Å². The highest BCUT2D eigenvalue weighted by molar-refractivity contribution is 6.31. The first kappa shape index (κ1) is 18.4. The number of benzene rings is 3. The molecule has 3 aliphatic rings. The van der Waals surface area contributed by atoms with Crippen LogP contribution in [0.25, 0.3) is 0 Å². The highest BCUT2D eigenvalue weighted by Gasteiger charge is 2.51. The number of carbonyl (C=O) groups is 1.